The first-order valence-electron chi connectivity index (χ1n) is 10.8. The molecule has 2 fully saturated rings. The Balaban J connectivity index is 0.00000153. The van der Waals surface area contributed by atoms with Crippen molar-refractivity contribution in [2.24, 2.45) is 7.05 Å². The molecule has 2 aliphatic rings. The second-order valence-corrected chi connectivity index (χ2v) is 8.92. The lowest BCUT2D eigenvalue weighted by molar-refractivity contribution is -0.129. The summed E-state index contributed by atoms with van der Waals surface area (Å²) in [6.07, 6.45) is 2.17. The minimum absolute atomic E-state index is 0. The van der Waals surface area contributed by atoms with Gasteiger partial charge in [-0.25, -0.2) is 0 Å². The average molecular weight is 509 g/mol. The molecule has 2 aromatic carbocycles. The SMILES string of the molecule is CC(=O)N1CCN(c2ccc(-c3nnc(C4(c5ccccc5)CC4)n3C)c(Cl)c2)CC1.Cl.Cl. The number of benzene rings is 2. The Hall–Kier alpha value is -2.28. The zero-order chi connectivity index (χ0) is 21.6. The Morgan fingerprint density at radius 2 is 1.64 bits per heavy atom. The highest BCUT2D eigenvalue weighted by Crippen LogP contribution is 2.53. The maximum absolute atomic E-state index is 11.6. The van der Waals surface area contributed by atoms with Gasteiger partial charge in [-0.1, -0.05) is 41.9 Å². The molecule has 1 saturated heterocycles. The number of halogens is 3. The number of hydrogen-bond acceptors (Lipinski definition) is 4. The number of piperazine rings is 1. The van der Waals surface area contributed by atoms with Gasteiger partial charge in [0.25, 0.3) is 0 Å². The first-order chi connectivity index (χ1) is 15.0. The van der Waals surface area contributed by atoms with Gasteiger partial charge in [-0.05, 0) is 36.6 Å². The fraction of sp³-hybridized carbons (Fsp3) is 0.375. The summed E-state index contributed by atoms with van der Waals surface area (Å²) in [5, 5.41) is 9.77. The van der Waals surface area contributed by atoms with Crippen molar-refractivity contribution >= 4 is 48.0 Å². The molecule has 2 heterocycles. The normalized spacial score (nSPS) is 16.6. The molecule has 6 nitrogen and oxygen atoms in total. The molecule has 0 radical (unpaired) electrons. The summed E-state index contributed by atoms with van der Waals surface area (Å²) in [6, 6.07) is 16.7. The van der Waals surface area contributed by atoms with E-state index in [1.165, 1.54) is 5.56 Å². The molecule has 0 spiro atoms. The molecule has 0 unspecified atom stereocenters. The van der Waals surface area contributed by atoms with Crippen molar-refractivity contribution in [1.29, 1.82) is 0 Å². The van der Waals surface area contributed by atoms with Crippen LogP contribution >= 0.6 is 36.4 Å². The summed E-state index contributed by atoms with van der Waals surface area (Å²) in [7, 11) is 2.03. The summed E-state index contributed by atoms with van der Waals surface area (Å²) >= 11 is 6.72. The van der Waals surface area contributed by atoms with Gasteiger partial charge in [0.05, 0.1) is 10.4 Å². The number of nitrogens with zero attached hydrogens (tertiary/aromatic N) is 5. The molecule has 1 amide bonds. The Kier molecular flexibility index (Phi) is 7.62. The van der Waals surface area contributed by atoms with Gasteiger partial charge in [-0.15, -0.1) is 35.0 Å². The van der Waals surface area contributed by atoms with E-state index >= 15 is 0 Å². The van der Waals surface area contributed by atoms with E-state index in [1.807, 2.05) is 30.1 Å². The van der Waals surface area contributed by atoms with Gasteiger partial charge in [-0.3, -0.25) is 4.79 Å². The highest BCUT2D eigenvalue weighted by molar-refractivity contribution is 6.33. The summed E-state index contributed by atoms with van der Waals surface area (Å²) in [5.74, 6) is 1.92. The van der Waals surface area contributed by atoms with E-state index in [0.717, 1.165) is 61.9 Å². The van der Waals surface area contributed by atoms with E-state index in [9.17, 15) is 4.79 Å². The molecule has 9 heteroatoms. The number of carbonyl (C=O) groups is 1. The standard InChI is InChI=1S/C24H26ClN5O.2ClH/c1-17(31)29-12-14-30(15-13-29)19-8-9-20(21(25)16-19)22-26-27-23(28(22)2)24(10-11-24)18-6-4-3-5-7-18;;/h3-9,16H,10-15H2,1-2H3;2*1H. The molecular weight excluding hydrogens is 481 g/mol. The van der Waals surface area contributed by atoms with Crippen LogP contribution in [-0.4, -0.2) is 51.8 Å². The van der Waals surface area contributed by atoms with Gasteiger partial charge in [-0.2, -0.15) is 0 Å². The van der Waals surface area contributed by atoms with Crippen molar-refractivity contribution in [3.63, 3.8) is 0 Å². The van der Waals surface area contributed by atoms with Crippen LogP contribution in [0.1, 0.15) is 31.2 Å². The van der Waals surface area contributed by atoms with Gasteiger partial charge in [0.1, 0.15) is 5.82 Å². The second kappa shape index (κ2) is 9.92. The topological polar surface area (TPSA) is 54.3 Å². The summed E-state index contributed by atoms with van der Waals surface area (Å²) in [4.78, 5) is 15.7. The monoisotopic (exact) mass is 507 g/mol. The van der Waals surface area contributed by atoms with E-state index in [2.05, 4.69) is 50.0 Å². The van der Waals surface area contributed by atoms with Crippen LogP contribution in [-0.2, 0) is 17.3 Å². The Labute approximate surface area is 211 Å². The fourth-order valence-electron chi connectivity index (χ4n) is 4.67. The molecule has 33 heavy (non-hydrogen) atoms. The minimum atomic E-state index is -0.0376. The van der Waals surface area contributed by atoms with Crippen LogP contribution in [0.15, 0.2) is 48.5 Å². The Morgan fingerprint density at radius 3 is 2.21 bits per heavy atom. The van der Waals surface area contributed by atoms with Gasteiger partial charge in [0, 0.05) is 51.4 Å². The lowest BCUT2D eigenvalue weighted by Crippen LogP contribution is -2.48. The summed E-state index contributed by atoms with van der Waals surface area (Å²) in [6.45, 7) is 4.72. The summed E-state index contributed by atoms with van der Waals surface area (Å²) in [5.41, 5.74) is 3.22. The smallest absolute Gasteiger partial charge is 0.219 e. The van der Waals surface area contributed by atoms with Gasteiger partial charge < -0.3 is 14.4 Å². The quantitative estimate of drug-likeness (QED) is 0.511. The number of anilines is 1. The molecule has 5 rings (SSSR count). The van der Waals surface area contributed by atoms with Crippen LogP contribution in [0.25, 0.3) is 11.4 Å². The summed E-state index contributed by atoms with van der Waals surface area (Å²) < 4.78 is 2.09. The number of hydrogen-bond donors (Lipinski definition) is 0. The van der Waals surface area contributed by atoms with Crippen molar-refractivity contribution in [1.82, 2.24) is 19.7 Å². The highest BCUT2D eigenvalue weighted by Gasteiger charge is 2.49. The molecule has 0 N–H and O–H groups in total. The molecule has 1 saturated carbocycles. The zero-order valence-corrected chi connectivity index (χ0v) is 21.1. The van der Waals surface area contributed by atoms with Crippen LogP contribution in [0.4, 0.5) is 5.69 Å². The van der Waals surface area contributed by atoms with E-state index in [-0.39, 0.29) is 36.1 Å². The van der Waals surface area contributed by atoms with Crippen LogP contribution in [0, 0.1) is 0 Å². The van der Waals surface area contributed by atoms with Gasteiger partial charge >= 0.3 is 0 Å². The second-order valence-electron chi connectivity index (χ2n) is 8.51. The van der Waals surface area contributed by atoms with Crippen molar-refractivity contribution in [3.8, 4) is 11.4 Å². The first kappa shape index (κ1) is 25.3. The van der Waals surface area contributed by atoms with Crippen LogP contribution in [0.5, 0.6) is 0 Å². The lowest BCUT2D eigenvalue weighted by atomic mass is 9.95. The third kappa shape index (κ3) is 4.57. The fourth-order valence-corrected chi connectivity index (χ4v) is 4.92. The molecule has 0 bridgehead atoms. The largest absolute Gasteiger partial charge is 0.368 e. The van der Waals surface area contributed by atoms with Crippen molar-refractivity contribution < 1.29 is 4.79 Å². The third-order valence-corrected chi connectivity index (χ3v) is 6.98. The number of rotatable bonds is 4. The molecule has 1 aliphatic carbocycles. The van der Waals surface area contributed by atoms with E-state index in [1.54, 1.807) is 6.92 Å². The maximum atomic E-state index is 11.6. The molecular formula is C24H28Cl3N5O. The molecule has 1 aromatic heterocycles. The average Bonchev–Trinajstić information content (AvgIpc) is 3.51. The number of carbonyl (C=O) groups excluding carboxylic acids is 1. The molecule has 0 atom stereocenters. The van der Waals surface area contributed by atoms with E-state index < -0.39 is 0 Å². The molecule has 3 aromatic rings. The van der Waals surface area contributed by atoms with Crippen LogP contribution in [0.3, 0.4) is 0 Å². The van der Waals surface area contributed by atoms with Crippen molar-refractivity contribution in [3.05, 3.63) is 64.9 Å². The lowest BCUT2D eigenvalue weighted by Gasteiger charge is -2.35. The van der Waals surface area contributed by atoms with Gasteiger partial charge in [0.2, 0.25) is 5.91 Å². The van der Waals surface area contributed by atoms with Crippen LogP contribution in [0.2, 0.25) is 5.02 Å². The van der Waals surface area contributed by atoms with Crippen molar-refractivity contribution in [2.45, 2.75) is 25.2 Å². The number of aromatic nitrogens is 3. The third-order valence-electron chi connectivity index (χ3n) is 6.66. The van der Waals surface area contributed by atoms with E-state index in [0.29, 0.717) is 5.02 Å². The highest BCUT2D eigenvalue weighted by atomic mass is 35.5. The molecule has 1 aliphatic heterocycles. The minimum Gasteiger partial charge on any atom is -0.368 e. The zero-order valence-electron chi connectivity index (χ0n) is 18.7. The van der Waals surface area contributed by atoms with Crippen molar-refractivity contribution in [2.75, 3.05) is 31.1 Å². The first-order valence-corrected chi connectivity index (χ1v) is 11.1. The Morgan fingerprint density at radius 1 is 0.970 bits per heavy atom. The predicted molar refractivity (Wildman–Crippen MR) is 137 cm³/mol. The number of amides is 1. The maximum Gasteiger partial charge on any atom is 0.219 e. The molecule has 176 valence electrons. The Bertz CT molecular complexity index is 1120. The van der Waals surface area contributed by atoms with Gasteiger partial charge in [0.15, 0.2) is 5.82 Å². The predicted octanol–water partition coefficient (Wildman–Crippen LogP) is 4.73. The van der Waals surface area contributed by atoms with Crippen LogP contribution < -0.4 is 4.90 Å². The van der Waals surface area contributed by atoms with E-state index in [4.69, 9.17) is 11.6 Å².